The third-order valence-corrected chi connectivity index (χ3v) is 2.01. The van der Waals surface area contributed by atoms with E-state index in [2.05, 4.69) is 19.2 Å². The van der Waals surface area contributed by atoms with E-state index < -0.39 is 0 Å². The van der Waals surface area contributed by atoms with Gasteiger partial charge in [-0.25, -0.2) is 4.79 Å². The van der Waals surface area contributed by atoms with Crippen molar-refractivity contribution in [2.75, 3.05) is 12.4 Å². The molecule has 3 heteroatoms. The van der Waals surface area contributed by atoms with E-state index in [1.165, 1.54) is 12.0 Å². The van der Waals surface area contributed by atoms with Crippen LogP contribution in [0.1, 0.15) is 27.3 Å². The number of rotatable bonds is 0. The first-order valence-corrected chi connectivity index (χ1v) is 5.29. The lowest BCUT2D eigenvalue weighted by molar-refractivity contribution is 0.218. The zero-order chi connectivity index (χ0) is 11.3. The summed E-state index contributed by atoms with van der Waals surface area (Å²) in [4.78, 5) is 12.8. The van der Waals surface area contributed by atoms with E-state index in [4.69, 9.17) is 0 Å². The zero-order valence-electron chi connectivity index (χ0n) is 9.58. The number of hydrogen-bond acceptors (Lipinski definition) is 1. The summed E-state index contributed by atoms with van der Waals surface area (Å²) in [5.41, 5.74) is 2.10. The smallest absolute Gasteiger partial charge is 0.321 e. The summed E-state index contributed by atoms with van der Waals surface area (Å²) in [6.45, 7) is 4.95. The average Bonchev–Trinajstić information content (AvgIpc) is 2.21. The lowest BCUT2D eigenvalue weighted by atomic mass is 10.1. The lowest BCUT2D eigenvalue weighted by Crippen LogP contribution is -2.35. The predicted molar refractivity (Wildman–Crippen MR) is 65.0 cm³/mol. The van der Waals surface area contributed by atoms with Gasteiger partial charge in [0, 0.05) is 20.7 Å². The summed E-state index contributed by atoms with van der Waals surface area (Å²) in [5.74, 6) is 0. The van der Waals surface area contributed by atoms with Gasteiger partial charge in [0.15, 0.2) is 0 Å². The van der Waals surface area contributed by atoms with Crippen LogP contribution >= 0.6 is 0 Å². The predicted octanol–water partition coefficient (Wildman–Crippen LogP) is 3.33. The van der Waals surface area contributed by atoms with Gasteiger partial charge in [0.05, 0.1) is 0 Å². The van der Waals surface area contributed by atoms with E-state index in [9.17, 15) is 4.79 Å². The van der Waals surface area contributed by atoms with Gasteiger partial charge in [-0.3, -0.25) is 0 Å². The minimum Gasteiger partial charge on any atom is -0.323 e. The van der Waals surface area contributed by atoms with Crippen LogP contribution in [0.15, 0.2) is 24.3 Å². The van der Waals surface area contributed by atoms with Crippen LogP contribution in [0.4, 0.5) is 10.5 Å². The standard InChI is InChI=1S/C9H10N2O.C3H8.H2/c1-11-6-7-4-2-3-5-8(7)10-9(11)12;1-3-2;/h2-5H,6H2,1H3,(H,10,12);3H2,1-2H3;1H. The van der Waals surface area contributed by atoms with Crippen LogP contribution in [0.2, 0.25) is 0 Å². The van der Waals surface area contributed by atoms with Crippen LogP contribution in [0.25, 0.3) is 0 Å². The number of urea groups is 1. The van der Waals surface area contributed by atoms with Crippen LogP contribution < -0.4 is 5.32 Å². The molecule has 2 amide bonds. The van der Waals surface area contributed by atoms with Crippen molar-refractivity contribution in [2.24, 2.45) is 0 Å². The van der Waals surface area contributed by atoms with Gasteiger partial charge >= 0.3 is 6.03 Å². The number of carbonyl (C=O) groups is 1. The molecule has 0 spiro atoms. The first-order valence-electron chi connectivity index (χ1n) is 5.29. The van der Waals surface area contributed by atoms with Crippen molar-refractivity contribution in [2.45, 2.75) is 26.8 Å². The fraction of sp³-hybridized carbons (Fsp3) is 0.417. The molecular formula is C12H20N2O. The molecule has 3 nitrogen and oxygen atoms in total. The largest absolute Gasteiger partial charge is 0.323 e. The molecule has 0 saturated heterocycles. The Kier molecular flexibility index (Phi) is 4.16. The second-order valence-electron chi connectivity index (χ2n) is 3.65. The molecule has 0 aliphatic carbocycles. The summed E-state index contributed by atoms with van der Waals surface area (Å²) < 4.78 is 0. The Morgan fingerprint density at radius 3 is 2.67 bits per heavy atom. The number of nitrogens with zero attached hydrogens (tertiary/aromatic N) is 1. The summed E-state index contributed by atoms with van der Waals surface area (Å²) in [5, 5.41) is 2.80. The van der Waals surface area contributed by atoms with E-state index in [0.717, 1.165) is 5.69 Å². The topological polar surface area (TPSA) is 32.3 Å². The summed E-state index contributed by atoms with van der Waals surface area (Å²) >= 11 is 0. The van der Waals surface area contributed by atoms with E-state index in [1.807, 2.05) is 24.3 Å². The number of amides is 2. The summed E-state index contributed by atoms with van der Waals surface area (Å²) in [7, 11) is 1.78. The maximum atomic E-state index is 11.2. The molecule has 1 aromatic carbocycles. The molecule has 0 saturated carbocycles. The average molecular weight is 208 g/mol. The highest BCUT2D eigenvalue weighted by molar-refractivity contribution is 5.91. The third kappa shape index (κ3) is 2.98. The normalized spacial score (nSPS) is 13.5. The molecule has 0 unspecified atom stereocenters. The molecule has 0 atom stereocenters. The van der Waals surface area contributed by atoms with Crippen LogP contribution in [-0.4, -0.2) is 18.0 Å². The van der Waals surface area contributed by atoms with E-state index in [-0.39, 0.29) is 7.46 Å². The van der Waals surface area contributed by atoms with Crippen LogP contribution in [0.5, 0.6) is 0 Å². The highest BCUT2D eigenvalue weighted by Gasteiger charge is 2.17. The fourth-order valence-corrected chi connectivity index (χ4v) is 1.32. The highest BCUT2D eigenvalue weighted by Crippen LogP contribution is 2.21. The second-order valence-corrected chi connectivity index (χ2v) is 3.65. The Labute approximate surface area is 92.6 Å². The third-order valence-electron chi connectivity index (χ3n) is 2.01. The number of nitrogens with one attached hydrogen (secondary N) is 1. The maximum absolute atomic E-state index is 11.2. The number of para-hydroxylation sites is 1. The van der Waals surface area contributed by atoms with Gasteiger partial charge in [0.2, 0.25) is 0 Å². The Morgan fingerprint density at radius 1 is 1.40 bits per heavy atom. The van der Waals surface area contributed by atoms with Crippen LogP contribution in [0, 0.1) is 0 Å². The molecule has 1 N–H and O–H groups in total. The van der Waals surface area contributed by atoms with Crippen molar-refractivity contribution < 1.29 is 6.22 Å². The number of benzene rings is 1. The summed E-state index contributed by atoms with van der Waals surface area (Å²) in [6.07, 6.45) is 1.25. The van der Waals surface area contributed by atoms with Crippen molar-refractivity contribution in [1.29, 1.82) is 0 Å². The van der Waals surface area contributed by atoms with Gasteiger partial charge in [0.25, 0.3) is 0 Å². The number of hydrogen-bond donors (Lipinski definition) is 1. The van der Waals surface area contributed by atoms with Crippen molar-refractivity contribution in [3.63, 3.8) is 0 Å². The van der Waals surface area contributed by atoms with Crippen molar-refractivity contribution in [1.82, 2.24) is 4.90 Å². The SMILES string of the molecule is CCC.CN1Cc2ccccc2NC1=O.[HH]. The van der Waals surface area contributed by atoms with Gasteiger partial charge in [-0.15, -0.1) is 0 Å². The van der Waals surface area contributed by atoms with Gasteiger partial charge in [-0.1, -0.05) is 38.5 Å². The second kappa shape index (κ2) is 5.39. The Morgan fingerprint density at radius 2 is 2.00 bits per heavy atom. The van der Waals surface area contributed by atoms with Gasteiger partial charge < -0.3 is 10.2 Å². The molecule has 0 bridgehead atoms. The van der Waals surface area contributed by atoms with E-state index >= 15 is 0 Å². The lowest BCUT2D eigenvalue weighted by Gasteiger charge is -2.25. The minimum atomic E-state index is -0.0336. The summed E-state index contributed by atoms with van der Waals surface area (Å²) in [6, 6.07) is 7.80. The molecule has 1 heterocycles. The quantitative estimate of drug-likeness (QED) is 0.697. The molecule has 1 aromatic rings. The van der Waals surface area contributed by atoms with Crippen molar-refractivity contribution in [3.05, 3.63) is 29.8 Å². The number of carbonyl (C=O) groups excluding carboxylic acids is 1. The van der Waals surface area contributed by atoms with Crippen molar-refractivity contribution in [3.8, 4) is 0 Å². The van der Waals surface area contributed by atoms with E-state index in [1.54, 1.807) is 11.9 Å². The monoisotopic (exact) mass is 208 g/mol. The van der Waals surface area contributed by atoms with Crippen LogP contribution in [0.3, 0.4) is 0 Å². The first-order chi connectivity index (χ1) is 7.19. The molecule has 84 valence electrons. The molecular weight excluding hydrogens is 188 g/mol. The number of fused-ring (bicyclic) bond motifs is 1. The minimum absolute atomic E-state index is 0. The molecule has 0 radical (unpaired) electrons. The Balaban J connectivity index is 0.000000511. The molecule has 1 aliphatic rings. The molecule has 2 rings (SSSR count). The number of anilines is 1. The molecule has 0 aromatic heterocycles. The highest BCUT2D eigenvalue weighted by atomic mass is 16.2. The molecule has 15 heavy (non-hydrogen) atoms. The van der Waals surface area contributed by atoms with Crippen LogP contribution in [-0.2, 0) is 6.54 Å². The maximum Gasteiger partial charge on any atom is 0.321 e. The van der Waals surface area contributed by atoms with Gasteiger partial charge in [-0.05, 0) is 11.6 Å². The molecule has 0 fully saturated rings. The van der Waals surface area contributed by atoms with Gasteiger partial charge in [-0.2, -0.15) is 0 Å². The first kappa shape index (κ1) is 11.6. The fourth-order valence-electron chi connectivity index (χ4n) is 1.32. The van der Waals surface area contributed by atoms with Gasteiger partial charge in [0.1, 0.15) is 0 Å². The Hall–Kier alpha value is -1.51. The zero-order valence-corrected chi connectivity index (χ0v) is 9.58. The van der Waals surface area contributed by atoms with E-state index in [0.29, 0.717) is 6.54 Å². The Bertz CT molecular complexity index is 342. The molecule has 1 aliphatic heterocycles. The van der Waals surface area contributed by atoms with Crippen molar-refractivity contribution >= 4 is 11.7 Å².